The molecule has 0 atom stereocenters. The summed E-state index contributed by atoms with van der Waals surface area (Å²) >= 11 is 7.97. The molecule has 166 valence electrons. The Labute approximate surface area is 203 Å². The highest BCUT2D eigenvalue weighted by Gasteiger charge is 2.20. The summed E-state index contributed by atoms with van der Waals surface area (Å²) in [4.78, 5) is 15.6. The number of piperidine rings is 1. The lowest BCUT2D eigenvalue weighted by molar-refractivity contribution is -0.118. The highest BCUT2D eigenvalue weighted by Crippen LogP contribution is 2.35. The first-order valence-corrected chi connectivity index (χ1v) is 12.1. The van der Waals surface area contributed by atoms with Gasteiger partial charge in [0, 0.05) is 24.3 Å². The van der Waals surface area contributed by atoms with Gasteiger partial charge >= 0.3 is 0 Å². The van der Waals surface area contributed by atoms with Crippen molar-refractivity contribution in [2.24, 2.45) is 0 Å². The molecule has 2 aromatic carbocycles. The van der Waals surface area contributed by atoms with E-state index in [-0.39, 0.29) is 12.5 Å². The molecule has 0 saturated carbocycles. The number of hydrogen-bond donors (Lipinski definition) is 1. The van der Waals surface area contributed by atoms with Crippen LogP contribution < -0.4 is 14.8 Å². The number of carbonyl (C=O) groups excluding carboxylic acids is 1. The highest BCUT2D eigenvalue weighted by molar-refractivity contribution is 14.1. The van der Waals surface area contributed by atoms with Crippen LogP contribution in [0.5, 0.6) is 11.5 Å². The zero-order valence-electron chi connectivity index (χ0n) is 18.3. The quantitative estimate of drug-likeness (QED) is 0.364. The molecule has 0 bridgehead atoms. The monoisotopic (exact) mass is 552 g/mol. The van der Waals surface area contributed by atoms with E-state index in [4.69, 9.17) is 21.7 Å². The number of aryl methyl sites for hydroxylation is 2. The zero-order chi connectivity index (χ0) is 22.4. The van der Waals surface area contributed by atoms with Crippen molar-refractivity contribution in [3.63, 3.8) is 0 Å². The normalized spacial score (nSPS) is 13.6. The number of ether oxygens (including phenoxy) is 2. The van der Waals surface area contributed by atoms with E-state index in [2.05, 4.69) is 38.9 Å². The van der Waals surface area contributed by atoms with E-state index in [9.17, 15) is 4.79 Å². The van der Waals surface area contributed by atoms with Crippen LogP contribution in [-0.2, 0) is 4.79 Å². The van der Waals surface area contributed by atoms with Gasteiger partial charge in [-0.05, 0) is 98.0 Å². The van der Waals surface area contributed by atoms with Crippen molar-refractivity contribution in [3.8, 4) is 11.5 Å². The van der Waals surface area contributed by atoms with E-state index in [0.29, 0.717) is 18.1 Å². The van der Waals surface area contributed by atoms with E-state index in [1.807, 2.05) is 45.0 Å². The molecule has 0 unspecified atom stereocenters. The van der Waals surface area contributed by atoms with Gasteiger partial charge in [-0.3, -0.25) is 4.79 Å². The third-order valence-corrected chi connectivity index (χ3v) is 6.35. The maximum atomic E-state index is 12.5. The van der Waals surface area contributed by atoms with Gasteiger partial charge in [0.05, 0.1) is 10.2 Å². The van der Waals surface area contributed by atoms with E-state index < -0.39 is 0 Å². The first-order chi connectivity index (χ1) is 14.9. The second kappa shape index (κ2) is 11.1. The maximum absolute atomic E-state index is 12.5. The third-order valence-electron chi connectivity index (χ3n) is 5.05. The molecule has 2 aromatic rings. The lowest BCUT2D eigenvalue weighted by Gasteiger charge is -2.29. The number of hydrogen-bond acceptors (Lipinski definition) is 4. The second-order valence-corrected chi connectivity index (χ2v) is 9.33. The van der Waals surface area contributed by atoms with Crippen LogP contribution >= 0.6 is 34.8 Å². The van der Waals surface area contributed by atoms with Crippen LogP contribution in [0, 0.1) is 17.4 Å². The molecular formula is C24H29IN2O3S. The molecule has 1 aliphatic heterocycles. The summed E-state index contributed by atoms with van der Waals surface area (Å²) in [6.45, 7) is 8.34. The average molecular weight is 552 g/mol. The number of rotatable bonds is 7. The summed E-state index contributed by atoms with van der Waals surface area (Å²) in [5.74, 6) is 0.974. The van der Waals surface area contributed by atoms with Gasteiger partial charge in [0.1, 0.15) is 4.99 Å². The predicted octanol–water partition coefficient (Wildman–Crippen LogP) is 5.49. The zero-order valence-corrected chi connectivity index (χ0v) is 21.3. The lowest BCUT2D eigenvalue weighted by atomic mass is 10.1. The Balaban J connectivity index is 1.72. The average Bonchev–Trinajstić information content (AvgIpc) is 2.72. The van der Waals surface area contributed by atoms with Crippen LogP contribution in [0.15, 0.2) is 30.3 Å². The van der Waals surface area contributed by atoms with E-state index in [1.54, 1.807) is 0 Å². The van der Waals surface area contributed by atoms with Gasteiger partial charge in [-0.1, -0.05) is 18.3 Å². The summed E-state index contributed by atoms with van der Waals surface area (Å²) in [6.07, 6.45) is 3.61. The van der Waals surface area contributed by atoms with Crippen LogP contribution in [-0.4, -0.2) is 42.1 Å². The highest BCUT2D eigenvalue weighted by atomic mass is 127. The Bertz CT molecular complexity index is 938. The van der Waals surface area contributed by atoms with Crippen LogP contribution in [0.3, 0.4) is 0 Å². The standard InChI is InChI=1S/C24H29IN2O3S/c1-4-29-21-14-18(24(31)27-8-6-5-7-9-27)13-20(25)23(21)30-15-22(28)26-19-11-16(2)10-17(3)12-19/h10-14H,4-9,15H2,1-3H3,(H,26,28). The first-order valence-electron chi connectivity index (χ1n) is 10.6. The fourth-order valence-electron chi connectivity index (χ4n) is 3.76. The van der Waals surface area contributed by atoms with E-state index in [1.165, 1.54) is 19.3 Å². The molecule has 1 fully saturated rings. The number of amides is 1. The van der Waals surface area contributed by atoms with Crippen molar-refractivity contribution in [3.05, 3.63) is 50.6 Å². The fraction of sp³-hybridized carbons (Fsp3) is 0.417. The number of nitrogens with zero attached hydrogens (tertiary/aromatic N) is 1. The minimum Gasteiger partial charge on any atom is -0.490 e. The van der Waals surface area contributed by atoms with Gasteiger partial charge in [0.15, 0.2) is 18.1 Å². The van der Waals surface area contributed by atoms with E-state index >= 15 is 0 Å². The Hall–Kier alpha value is -1.87. The molecule has 1 saturated heterocycles. The molecule has 0 radical (unpaired) electrons. The first kappa shape index (κ1) is 23.8. The molecule has 0 aliphatic carbocycles. The molecule has 0 spiro atoms. The number of benzene rings is 2. The summed E-state index contributed by atoms with van der Waals surface area (Å²) in [5, 5.41) is 2.90. The molecular weight excluding hydrogens is 523 g/mol. The molecule has 3 rings (SSSR count). The molecule has 1 aliphatic rings. The molecule has 5 nitrogen and oxygen atoms in total. The number of halogens is 1. The van der Waals surface area contributed by atoms with Crippen molar-refractivity contribution >= 4 is 51.4 Å². The number of likely N-dealkylation sites (tertiary alicyclic amines) is 1. The van der Waals surface area contributed by atoms with Gasteiger partial charge in [0.2, 0.25) is 0 Å². The van der Waals surface area contributed by atoms with Gasteiger partial charge in [0.25, 0.3) is 5.91 Å². The number of nitrogens with one attached hydrogen (secondary N) is 1. The lowest BCUT2D eigenvalue weighted by Crippen LogP contribution is -2.35. The van der Waals surface area contributed by atoms with Crippen LogP contribution in [0.2, 0.25) is 0 Å². The molecule has 1 N–H and O–H groups in total. The minimum absolute atomic E-state index is 0.0982. The van der Waals surface area contributed by atoms with Crippen LogP contribution in [0.1, 0.15) is 42.9 Å². The summed E-state index contributed by atoms with van der Waals surface area (Å²) in [5.41, 5.74) is 3.93. The summed E-state index contributed by atoms with van der Waals surface area (Å²) < 4.78 is 12.6. The topological polar surface area (TPSA) is 50.8 Å². The Morgan fingerprint density at radius 2 is 1.74 bits per heavy atom. The predicted molar refractivity (Wildman–Crippen MR) is 137 cm³/mol. The maximum Gasteiger partial charge on any atom is 0.262 e. The Morgan fingerprint density at radius 1 is 1.06 bits per heavy atom. The third kappa shape index (κ3) is 6.55. The van der Waals surface area contributed by atoms with Crippen molar-refractivity contribution < 1.29 is 14.3 Å². The van der Waals surface area contributed by atoms with Crippen molar-refractivity contribution in [2.75, 3.05) is 31.6 Å². The largest absolute Gasteiger partial charge is 0.490 e. The van der Waals surface area contributed by atoms with Crippen LogP contribution in [0.25, 0.3) is 0 Å². The van der Waals surface area contributed by atoms with Gasteiger partial charge in [-0.25, -0.2) is 0 Å². The summed E-state index contributed by atoms with van der Waals surface area (Å²) in [7, 11) is 0. The Kier molecular flexibility index (Phi) is 8.54. The molecule has 0 aromatic heterocycles. The molecule has 31 heavy (non-hydrogen) atoms. The number of thiocarbonyl (C=S) groups is 1. The molecule has 7 heteroatoms. The molecule has 1 amide bonds. The van der Waals surface area contributed by atoms with Crippen LogP contribution in [0.4, 0.5) is 5.69 Å². The van der Waals surface area contributed by atoms with Crippen molar-refractivity contribution in [1.29, 1.82) is 0 Å². The van der Waals surface area contributed by atoms with E-state index in [0.717, 1.165) is 44.0 Å². The van der Waals surface area contributed by atoms with Gasteiger partial charge in [-0.15, -0.1) is 0 Å². The SMILES string of the molecule is CCOc1cc(C(=S)N2CCCCC2)cc(I)c1OCC(=O)Nc1cc(C)cc(C)c1. The Morgan fingerprint density at radius 3 is 2.39 bits per heavy atom. The number of carbonyl (C=O) groups is 1. The van der Waals surface area contributed by atoms with Crippen molar-refractivity contribution in [1.82, 2.24) is 4.90 Å². The number of anilines is 1. The fourth-order valence-corrected chi connectivity index (χ4v) is 4.81. The second-order valence-electron chi connectivity index (χ2n) is 7.78. The molecule has 1 heterocycles. The van der Waals surface area contributed by atoms with Gasteiger partial charge in [-0.2, -0.15) is 0 Å². The van der Waals surface area contributed by atoms with Gasteiger partial charge < -0.3 is 19.7 Å². The minimum atomic E-state index is -0.212. The van der Waals surface area contributed by atoms with Crippen molar-refractivity contribution in [2.45, 2.75) is 40.0 Å². The summed E-state index contributed by atoms with van der Waals surface area (Å²) in [6, 6.07) is 9.89. The smallest absolute Gasteiger partial charge is 0.262 e.